The molecule has 8 nitrogen and oxygen atoms in total. The van der Waals surface area contributed by atoms with Crippen LogP contribution in [0.4, 0.5) is 4.79 Å². The average Bonchev–Trinajstić information content (AvgIpc) is 1.80. The van der Waals surface area contributed by atoms with Crippen molar-refractivity contribution in [3.63, 3.8) is 0 Å². The minimum absolute atomic E-state index is 1.14. The molecular formula is CH3N3O5S2. The van der Waals surface area contributed by atoms with E-state index < -0.39 is 24.1 Å². The zero-order valence-electron chi connectivity index (χ0n) is 4.86. The zero-order chi connectivity index (χ0) is 8.70. The van der Waals surface area contributed by atoms with Crippen LogP contribution in [0.3, 0.4) is 0 Å². The van der Waals surface area contributed by atoms with Gasteiger partial charge >= 0.3 is 24.1 Å². The van der Waals surface area contributed by atoms with Crippen LogP contribution < -0.4 is 15.0 Å². The number of carbonyl (C=O) groups excluding carboxylic acids is 1. The van der Waals surface area contributed by atoms with Gasteiger partial charge in [0.2, 0.25) is 0 Å². The van der Waals surface area contributed by atoms with Crippen LogP contribution in [-0.2, 0) is 18.1 Å². The molecule has 1 aliphatic heterocycles. The lowest BCUT2D eigenvalue weighted by atomic mass is 11.2. The van der Waals surface area contributed by atoms with E-state index in [-0.39, 0.29) is 0 Å². The van der Waals surface area contributed by atoms with Crippen LogP contribution in [0.25, 0.3) is 0 Å². The molecule has 10 heteroatoms. The van der Waals surface area contributed by atoms with Crippen molar-refractivity contribution in [2.24, 2.45) is 0 Å². The van der Waals surface area contributed by atoms with Gasteiger partial charge in [0, 0.05) is 0 Å². The summed E-state index contributed by atoms with van der Waals surface area (Å²) < 4.78 is 43.1. The fourth-order valence-corrected chi connectivity index (χ4v) is 2.08. The third kappa shape index (κ3) is 1.27. The summed E-state index contributed by atoms with van der Waals surface area (Å²) in [6.07, 6.45) is 0. The molecule has 11 heavy (non-hydrogen) atoms. The Labute approximate surface area is 61.4 Å². The summed E-state index contributed by atoms with van der Waals surface area (Å²) in [7, 11) is -9.13. The van der Waals surface area contributed by atoms with Crippen molar-refractivity contribution in [3.05, 3.63) is 0 Å². The van der Waals surface area contributed by atoms with E-state index in [4.69, 9.17) is 0 Å². The van der Waals surface area contributed by atoms with Gasteiger partial charge in [0.05, 0.1) is 0 Å². The molecule has 3 N–H and O–H groups in total. The van der Waals surface area contributed by atoms with Gasteiger partial charge in [-0.05, 0) is 0 Å². The van der Waals surface area contributed by atoms with Gasteiger partial charge in [-0.3, -0.25) is 5.43 Å². The average molecular weight is 201 g/mol. The van der Waals surface area contributed by atoms with Gasteiger partial charge in [0.1, 0.15) is 0 Å². The van der Waals surface area contributed by atoms with Crippen LogP contribution >= 0.6 is 0 Å². The van der Waals surface area contributed by atoms with Crippen LogP contribution in [0.5, 0.6) is 0 Å². The highest BCUT2D eigenvalue weighted by Crippen LogP contribution is 1.97. The topological polar surface area (TPSA) is 121 Å². The van der Waals surface area contributed by atoms with Crippen LogP contribution in [-0.4, -0.2) is 22.9 Å². The highest BCUT2D eigenvalue weighted by atomic mass is 33.2. The number of hydrazine groups is 1. The summed E-state index contributed by atoms with van der Waals surface area (Å²) in [5.41, 5.74) is 1.56. The van der Waals surface area contributed by atoms with E-state index in [9.17, 15) is 21.6 Å². The molecule has 0 saturated carbocycles. The van der Waals surface area contributed by atoms with Crippen molar-refractivity contribution in [1.29, 1.82) is 0 Å². The van der Waals surface area contributed by atoms with Crippen molar-refractivity contribution in [3.8, 4) is 0 Å². The maximum absolute atomic E-state index is 10.5. The first-order valence-corrected chi connectivity index (χ1v) is 5.68. The Balaban J connectivity index is 3.21. The van der Waals surface area contributed by atoms with Crippen LogP contribution in [0, 0.1) is 0 Å². The Hall–Kier alpha value is -0.870. The van der Waals surface area contributed by atoms with Gasteiger partial charge in [-0.1, -0.05) is 0 Å². The van der Waals surface area contributed by atoms with Crippen LogP contribution in [0.15, 0.2) is 0 Å². The molecule has 0 aromatic carbocycles. The highest BCUT2D eigenvalue weighted by molar-refractivity contribution is 8.65. The maximum atomic E-state index is 10.5. The number of hydrogen-bond acceptors (Lipinski definition) is 5. The second-order valence-electron chi connectivity index (χ2n) is 1.57. The second kappa shape index (κ2) is 2.06. The Morgan fingerprint density at radius 2 is 1.55 bits per heavy atom. The van der Waals surface area contributed by atoms with Crippen molar-refractivity contribution in [1.82, 2.24) is 15.0 Å². The number of rotatable bonds is 0. The van der Waals surface area contributed by atoms with Crippen molar-refractivity contribution in [2.75, 3.05) is 0 Å². The Morgan fingerprint density at radius 3 is 1.91 bits per heavy atom. The molecule has 1 rings (SSSR count). The Kier molecular flexibility index (Phi) is 1.54. The molecule has 0 spiro atoms. The molecule has 2 amide bonds. The van der Waals surface area contributed by atoms with Crippen molar-refractivity contribution >= 4 is 24.1 Å². The van der Waals surface area contributed by atoms with E-state index in [2.05, 4.69) is 0 Å². The number of amides is 2. The van der Waals surface area contributed by atoms with E-state index in [1.54, 1.807) is 5.43 Å². The number of urea groups is 1. The van der Waals surface area contributed by atoms with Gasteiger partial charge in [-0.15, -0.1) is 4.83 Å². The summed E-state index contributed by atoms with van der Waals surface area (Å²) in [5.74, 6) is 0. The summed E-state index contributed by atoms with van der Waals surface area (Å²) >= 11 is 0. The number of carbonyl (C=O) groups is 1. The quantitative estimate of drug-likeness (QED) is 0.370. The molecule has 0 aromatic heterocycles. The lowest BCUT2D eigenvalue weighted by Gasteiger charge is -2.14. The molecule has 0 unspecified atom stereocenters. The molecule has 1 saturated heterocycles. The predicted octanol–water partition coefficient (Wildman–Crippen LogP) is -2.62. The molecule has 0 aliphatic carbocycles. The largest absolute Gasteiger partial charge is 0.358 e. The first kappa shape index (κ1) is 8.23. The predicted molar refractivity (Wildman–Crippen MR) is 32.6 cm³/mol. The second-order valence-corrected chi connectivity index (χ2v) is 6.42. The summed E-state index contributed by atoms with van der Waals surface area (Å²) in [6, 6.07) is -1.14. The monoisotopic (exact) mass is 201 g/mol. The Morgan fingerprint density at radius 1 is 1.00 bits per heavy atom. The smallest absolute Gasteiger partial charge is 0.258 e. The first-order chi connectivity index (χ1) is 4.85. The van der Waals surface area contributed by atoms with E-state index in [1.165, 1.54) is 9.55 Å². The van der Waals surface area contributed by atoms with Gasteiger partial charge in [0.25, 0.3) is 0 Å². The van der Waals surface area contributed by atoms with Crippen molar-refractivity contribution < 1.29 is 21.6 Å². The summed E-state index contributed by atoms with van der Waals surface area (Å²) in [6.45, 7) is 0. The fraction of sp³-hybridized carbons (Fsp3) is 0. The van der Waals surface area contributed by atoms with Crippen LogP contribution in [0.2, 0.25) is 0 Å². The van der Waals surface area contributed by atoms with E-state index >= 15 is 0 Å². The molecule has 64 valence electrons. The SMILES string of the molecule is O=C1NNS(=O)(=O)S(=O)(=O)N1. The van der Waals surface area contributed by atoms with E-state index in [1.807, 2.05) is 0 Å². The molecule has 0 aromatic rings. The first-order valence-electron chi connectivity index (χ1n) is 2.20. The molecule has 1 aliphatic rings. The molecular weight excluding hydrogens is 198 g/mol. The normalized spacial score (nSPS) is 26.7. The molecule has 0 bridgehead atoms. The molecule has 0 radical (unpaired) electrons. The molecule has 1 fully saturated rings. The van der Waals surface area contributed by atoms with E-state index in [0.29, 0.717) is 0 Å². The zero-order valence-corrected chi connectivity index (χ0v) is 6.49. The van der Waals surface area contributed by atoms with Gasteiger partial charge in [-0.2, -0.15) is 16.8 Å². The fourth-order valence-electron chi connectivity index (χ4n) is 0.358. The van der Waals surface area contributed by atoms with E-state index in [0.717, 1.165) is 0 Å². The lowest BCUT2D eigenvalue weighted by molar-refractivity contribution is 0.244. The third-order valence-electron chi connectivity index (χ3n) is 0.796. The minimum Gasteiger partial charge on any atom is -0.258 e. The Bertz CT molecular complexity index is 376. The van der Waals surface area contributed by atoms with Gasteiger partial charge in [0.15, 0.2) is 0 Å². The minimum atomic E-state index is -4.61. The van der Waals surface area contributed by atoms with Gasteiger partial charge in [-0.25, -0.2) is 9.52 Å². The highest BCUT2D eigenvalue weighted by Gasteiger charge is 2.36. The van der Waals surface area contributed by atoms with Gasteiger partial charge < -0.3 is 0 Å². The number of nitrogens with one attached hydrogen (secondary N) is 3. The molecule has 1 heterocycles. The lowest BCUT2D eigenvalue weighted by Crippen LogP contribution is -2.58. The molecule has 0 atom stereocenters. The summed E-state index contributed by atoms with van der Waals surface area (Å²) in [4.78, 5) is 11.6. The third-order valence-corrected chi connectivity index (χ3v) is 4.39. The standard InChI is InChI=1S/CH3N3O5S2/c5-1-2-4-11(8,9)10(6,7)3-1/h4H,(H2,2,3,5). The maximum Gasteiger partial charge on any atom is 0.358 e. The van der Waals surface area contributed by atoms with Crippen molar-refractivity contribution in [2.45, 2.75) is 0 Å². The number of hydrogen-bond donors (Lipinski definition) is 3. The summed E-state index contributed by atoms with van der Waals surface area (Å²) in [5, 5.41) is 0. The van der Waals surface area contributed by atoms with Crippen LogP contribution in [0.1, 0.15) is 0 Å².